The minimum Gasteiger partial charge on any atom is -0.319 e. The molecule has 4 aliphatic carbocycles. The molecule has 4 saturated carbocycles. The normalized spacial score (nSPS) is 34.4. The first-order chi connectivity index (χ1) is 16.4. The van der Waals surface area contributed by atoms with Gasteiger partial charge in [0.25, 0.3) is 0 Å². The summed E-state index contributed by atoms with van der Waals surface area (Å²) in [5, 5.41) is 3.49. The fourth-order valence-corrected chi connectivity index (χ4v) is 8.83. The molecule has 35 heavy (non-hydrogen) atoms. The minimum absolute atomic E-state index is 0.0331. The summed E-state index contributed by atoms with van der Waals surface area (Å²) >= 11 is 0. The van der Waals surface area contributed by atoms with Gasteiger partial charge in [0.05, 0.1) is 17.0 Å². The predicted octanol–water partition coefficient (Wildman–Crippen LogP) is 3.31. The van der Waals surface area contributed by atoms with Crippen molar-refractivity contribution in [2.75, 3.05) is 13.1 Å². The SMILES string of the molecule is C=N[C@@H]1CCCN1C(=O)CNC12CC3CC(C1)CC(NS(=O)(=O)c1cccc(C(F)(F)F)c1)(C3)C2. The van der Waals surface area contributed by atoms with Gasteiger partial charge in [-0.1, -0.05) is 6.07 Å². The molecule has 3 atom stereocenters. The summed E-state index contributed by atoms with van der Waals surface area (Å²) < 4.78 is 68.8. The fraction of sp³-hybridized carbons (Fsp3) is 0.667. The van der Waals surface area contributed by atoms with Crippen molar-refractivity contribution >= 4 is 22.6 Å². The second kappa shape index (κ2) is 8.55. The Morgan fingerprint density at radius 3 is 2.51 bits per heavy atom. The second-order valence-corrected chi connectivity index (χ2v) is 12.6. The van der Waals surface area contributed by atoms with Crippen molar-refractivity contribution in [1.82, 2.24) is 14.9 Å². The molecule has 1 aliphatic heterocycles. The molecule has 4 bridgehead atoms. The number of alkyl halides is 3. The number of carbonyl (C=O) groups excluding carboxylic acids is 1. The lowest BCUT2D eigenvalue weighted by Gasteiger charge is -2.62. The van der Waals surface area contributed by atoms with Gasteiger partial charge in [-0.3, -0.25) is 9.79 Å². The van der Waals surface area contributed by atoms with Crippen LogP contribution in [-0.4, -0.2) is 56.3 Å². The summed E-state index contributed by atoms with van der Waals surface area (Å²) in [6, 6.07) is 3.88. The number of hydrogen-bond donors (Lipinski definition) is 2. The van der Waals surface area contributed by atoms with E-state index in [9.17, 15) is 26.4 Å². The van der Waals surface area contributed by atoms with Crippen LogP contribution in [-0.2, 0) is 21.0 Å². The number of amides is 1. The molecule has 1 aromatic carbocycles. The van der Waals surface area contributed by atoms with Crippen molar-refractivity contribution in [3.05, 3.63) is 29.8 Å². The summed E-state index contributed by atoms with van der Waals surface area (Å²) in [6.45, 7) is 4.40. The number of benzene rings is 1. The molecule has 2 N–H and O–H groups in total. The van der Waals surface area contributed by atoms with E-state index < -0.39 is 27.3 Å². The van der Waals surface area contributed by atoms with Crippen molar-refractivity contribution in [2.24, 2.45) is 16.8 Å². The molecule has 6 rings (SSSR count). The molecule has 192 valence electrons. The zero-order valence-corrected chi connectivity index (χ0v) is 20.3. The highest BCUT2D eigenvalue weighted by Crippen LogP contribution is 2.57. The molecule has 1 heterocycles. The Bertz CT molecular complexity index is 1110. The van der Waals surface area contributed by atoms with E-state index in [0.29, 0.717) is 43.7 Å². The summed E-state index contributed by atoms with van der Waals surface area (Å²) in [7, 11) is -4.16. The van der Waals surface area contributed by atoms with Gasteiger partial charge in [-0.05, 0) is 88.1 Å². The van der Waals surface area contributed by atoms with E-state index >= 15 is 0 Å². The van der Waals surface area contributed by atoms with Gasteiger partial charge in [0.1, 0.15) is 6.17 Å². The Morgan fingerprint density at radius 1 is 1.17 bits per heavy atom. The van der Waals surface area contributed by atoms with Crippen LogP contribution in [0.2, 0.25) is 0 Å². The highest BCUT2D eigenvalue weighted by molar-refractivity contribution is 7.89. The highest BCUT2D eigenvalue weighted by Gasteiger charge is 2.59. The van der Waals surface area contributed by atoms with Crippen LogP contribution < -0.4 is 10.0 Å². The van der Waals surface area contributed by atoms with E-state index in [1.807, 2.05) is 0 Å². The number of likely N-dealkylation sites (tertiary alicyclic amines) is 1. The third kappa shape index (κ3) is 4.74. The molecule has 7 nitrogen and oxygen atoms in total. The Labute approximate surface area is 203 Å². The van der Waals surface area contributed by atoms with E-state index in [-0.39, 0.29) is 29.1 Å². The Morgan fingerprint density at radius 2 is 1.86 bits per heavy atom. The molecular formula is C24H31F3N4O3S. The number of carbonyl (C=O) groups is 1. The highest BCUT2D eigenvalue weighted by atomic mass is 32.2. The number of sulfonamides is 1. The van der Waals surface area contributed by atoms with Crippen LogP contribution in [0.25, 0.3) is 0 Å². The van der Waals surface area contributed by atoms with E-state index in [0.717, 1.165) is 44.2 Å². The number of nitrogens with zero attached hydrogens (tertiary/aromatic N) is 2. The van der Waals surface area contributed by atoms with Gasteiger partial charge in [0, 0.05) is 17.6 Å². The van der Waals surface area contributed by atoms with Gasteiger partial charge in [-0.2, -0.15) is 13.2 Å². The lowest BCUT2D eigenvalue weighted by molar-refractivity contribution is -0.137. The predicted molar refractivity (Wildman–Crippen MR) is 124 cm³/mol. The third-order valence-corrected chi connectivity index (χ3v) is 9.83. The molecule has 2 unspecified atom stereocenters. The maximum absolute atomic E-state index is 13.2. The lowest BCUT2D eigenvalue weighted by Crippen LogP contribution is -2.69. The number of nitrogens with one attached hydrogen (secondary N) is 2. The van der Waals surface area contributed by atoms with Gasteiger partial charge in [0.2, 0.25) is 15.9 Å². The maximum atomic E-state index is 13.2. The molecule has 0 radical (unpaired) electrons. The molecule has 11 heteroatoms. The van der Waals surface area contributed by atoms with Crippen LogP contribution in [0.3, 0.4) is 0 Å². The third-order valence-electron chi connectivity index (χ3n) is 8.25. The zero-order valence-electron chi connectivity index (χ0n) is 19.5. The first kappa shape index (κ1) is 24.7. The van der Waals surface area contributed by atoms with Crippen molar-refractivity contribution in [2.45, 2.75) is 79.7 Å². The fourth-order valence-electron chi connectivity index (χ4n) is 7.37. The smallest absolute Gasteiger partial charge is 0.319 e. The van der Waals surface area contributed by atoms with Gasteiger partial charge in [0.15, 0.2) is 0 Å². The maximum Gasteiger partial charge on any atom is 0.416 e. The Balaban J connectivity index is 1.33. The molecule has 0 aromatic heterocycles. The van der Waals surface area contributed by atoms with Crippen molar-refractivity contribution < 1.29 is 26.4 Å². The van der Waals surface area contributed by atoms with Crippen molar-refractivity contribution in [3.8, 4) is 0 Å². The first-order valence-electron chi connectivity index (χ1n) is 12.1. The van der Waals surface area contributed by atoms with Crippen LogP contribution in [0.4, 0.5) is 13.2 Å². The van der Waals surface area contributed by atoms with Crippen LogP contribution in [0.5, 0.6) is 0 Å². The topological polar surface area (TPSA) is 90.9 Å². The lowest BCUT2D eigenvalue weighted by atomic mass is 9.50. The van der Waals surface area contributed by atoms with Crippen LogP contribution >= 0.6 is 0 Å². The van der Waals surface area contributed by atoms with Crippen LogP contribution in [0, 0.1) is 11.8 Å². The average Bonchev–Trinajstić information content (AvgIpc) is 3.24. The Hall–Kier alpha value is -1.98. The standard InChI is InChI=1S/C24H31F3N4O3S/c1-28-20-6-3-7-31(20)21(32)14-29-22-10-16-8-17(11-22)13-23(12-16,15-22)30-35(33,34)19-5-2-4-18(9-19)24(25,26)27/h2,4-5,9,16-17,20,29-30H,1,3,6-8,10-15H2/t16?,17?,20-,22?,23?/m0/s1. The molecular weight excluding hydrogens is 481 g/mol. The van der Waals surface area contributed by atoms with E-state index in [2.05, 4.69) is 21.7 Å². The monoisotopic (exact) mass is 512 g/mol. The second-order valence-electron chi connectivity index (χ2n) is 10.9. The molecule has 1 amide bonds. The van der Waals surface area contributed by atoms with E-state index in [1.54, 1.807) is 4.90 Å². The van der Waals surface area contributed by atoms with E-state index in [4.69, 9.17) is 0 Å². The van der Waals surface area contributed by atoms with Crippen molar-refractivity contribution in [1.29, 1.82) is 0 Å². The number of aliphatic imine (C=N–C) groups is 1. The summed E-state index contributed by atoms with van der Waals surface area (Å²) in [4.78, 5) is 18.3. The minimum atomic E-state index is -4.62. The first-order valence-corrected chi connectivity index (χ1v) is 13.6. The van der Waals surface area contributed by atoms with Gasteiger partial charge < -0.3 is 10.2 Å². The number of halogens is 3. The average molecular weight is 513 g/mol. The summed E-state index contributed by atoms with van der Waals surface area (Å²) in [5.41, 5.74) is -2.09. The van der Waals surface area contributed by atoms with Crippen LogP contribution in [0.1, 0.15) is 56.9 Å². The molecule has 0 spiro atoms. The molecule has 1 aromatic rings. The quantitative estimate of drug-likeness (QED) is 0.549. The van der Waals surface area contributed by atoms with Crippen LogP contribution in [0.15, 0.2) is 34.2 Å². The summed E-state index contributed by atoms with van der Waals surface area (Å²) in [6.07, 6.45) is 1.48. The Kier molecular flexibility index (Phi) is 6.04. The molecule has 5 aliphatic rings. The van der Waals surface area contributed by atoms with Gasteiger partial charge in [-0.15, -0.1) is 0 Å². The van der Waals surface area contributed by atoms with E-state index in [1.165, 1.54) is 6.07 Å². The molecule has 1 saturated heterocycles. The number of rotatable bonds is 7. The molecule has 5 fully saturated rings. The van der Waals surface area contributed by atoms with Gasteiger partial charge >= 0.3 is 6.18 Å². The largest absolute Gasteiger partial charge is 0.416 e. The zero-order chi connectivity index (χ0) is 25.1. The number of hydrogen-bond acceptors (Lipinski definition) is 5. The summed E-state index contributed by atoms with van der Waals surface area (Å²) in [5.74, 6) is 0.573. The van der Waals surface area contributed by atoms with Gasteiger partial charge in [-0.25, -0.2) is 13.1 Å². The van der Waals surface area contributed by atoms with Crippen molar-refractivity contribution in [3.63, 3.8) is 0 Å².